The molecular formula is C14H23NO4. The average molecular weight is 269 g/mol. The van der Waals surface area contributed by atoms with Gasteiger partial charge in [0.25, 0.3) is 0 Å². The van der Waals surface area contributed by atoms with Crippen LogP contribution in [-0.2, 0) is 14.3 Å². The SMILES string of the molecule is CC1CCCC(NC(=O)CC2CCCO2)(C(=O)O)C1. The van der Waals surface area contributed by atoms with Crippen LogP contribution in [0.4, 0.5) is 0 Å². The monoisotopic (exact) mass is 269 g/mol. The van der Waals surface area contributed by atoms with Crippen molar-refractivity contribution in [2.45, 2.75) is 63.5 Å². The molecule has 0 aromatic rings. The molecule has 0 radical (unpaired) electrons. The molecule has 3 atom stereocenters. The first-order chi connectivity index (χ1) is 9.02. The van der Waals surface area contributed by atoms with E-state index in [1.165, 1.54) is 0 Å². The van der Waals surface area contributed by atoms with Crippen LogP contribution >= 0.6 is 0 Å². The van der Waals surface area contributed by atoms with E-state index < -0.39 is 11.5 Å². The molecule has 0 aromatic carbocycles. The van der Waals surface area contributed by atoms with Crippen molar-refractivity contribution < 1.29 is 19.4 Å². The van der Waals surface area contributed by atoms with E-state index >= 15 is 0 Å². The van der Waals surface area contributed by atoms with Crippen molar-refractivity contribution in [1.29, 1.82) is 0 Å². The minimum Gasteiger partial charge on any atom is -0.480 e. The molecule has 1 heterocycles. The molecule has 2 aliphatic rings. The van der Waals surface area contributed by atoms with Gasteiger partial charge in [-0.3, -0.25) is 4.79 Å². The lowest BCUT2D eigenvalue weighted by atomic mass is 9.76. The highest BCUT2D eigenvalue weighted by Gasteiger charge is 2.43. The third-order valence-electron chi connectivity index (χ3n) is 4.22. The molecule has 0 spiro atoms. The van der Waals surface area contributed by atoms with Crippen LogP contribution in [0.5, 0.6) is 0 Å². The molecule has 0 aromatic heterocycles. The van der Waals surface area contributed by atoms with E-state index in [2.05, 4.69) is 5.32 Å². The fraction of sp³-hybridized carbons (Fsp3) is 0.857. The Bertz CT molecular complexity index is 351. The fourth-order valence-corrected chi connectivity index (χ4v) is 3.24. The molecule has 1 amide bonds. The second-order valence-corrected chi connectivity index (χ2v) is 5.98. The van der Waals surface area contributed by atoms with Crippen molar-refractivity contribution in [3.63, 3.8) is 0 Å². The second-order valence-electron chi connectivity index (χ2n) is 5.98. The topological polar surface area (TPSA) is 75.6 Å². The van der Waals surface area contributed by atoms with Crippen molar-refractivity contribution in [3.8, 4) is 0 Å². The number of aliphatic carboxylic acids is 1. The zero-order chi connectivity index (χ0) is 13.9. The molecule has 5 heteroatoms. The molecule has 1 saturated heterocycles. The predicted molar refractivity (Wildman–Crippen MR) is 69.7 cm³/mol. The molecule has 5 nitrogen and oxygen atoms in total. The number of hydrogen-bond donors (Lipinski definition) is 2. The molecule has 108 valence electrons. The Labute approximate surface area is 113 Å². The van der Waals surface area contributed by atoms with Gasteiger partial charge in [-0.1, -0.05) is 19.8 Å². The summed E-state index contributed by atoms with van der Waals surface area (Å²) in [5, 5.41) is 12.2. The molecule has 2 N–H and O–H groups in total. The Morgan fingerprint density at radius 1 is 1.37 bits per heavy atom. The number of rotatable bonds is 4. The van der Waals surface area contributed by atoms with E-state index in [0.717, 1.165) is 25.7 Å². The number of carboxylic acids is 1. The molecule has 2 fully saturated rings. The standard InChI is InChI=1S/C14H23NO4/c1-10-4-2-6-14(9-10,13(17)18)15-12(16)8-11-5-3-7-19-11/h10-11H,2-9H2,1H3,(H,15,16)(H,17,18). The summed E-state index contributed by atoms with van der Waals surface area (Å²) >= 11 is 0. The summed E-state index contributed by atoms with van der Waals surface area (Å²) in [5.41, 5.74) is -1.06. The number of nitrogens with one attached hydrogen (secondary N) is 1. The quantitative estimate of drug-likeness (QED) is 0.814. The average Bonchev–Trinajstić information content (AvgIpc) is 2.81. The maximum Gasteiger partial charge on any atom is 0.329 e. The Morgan fingerprint density at radius 2 is 2.16 bits per heavy atom. The number of carbonyl (C=O) groups is 2. The van der Waals surface area contributed by atoms with Gasteiger partial charge in [0.2, 0.25) is 5.91 Å². The summed E-state index contributed by atoms with van der Waals surface area (Å²) in [4.78, 5) is 23.6. The van der Waals surface area contributed by atoms with Crippen LogP contribution in [0.15, 0.2) is 0 Å². The van der Waals surface area contributed by atoms with E-state index in [-0.39, 0.29) is 18.4 Å². The second kappa shape index (κ2) is 5.90. The van der Waals surface area contributed by atoms with Crippen LogP contribution in [0.25, 0.3) is 0 Å². The molecular weight excluding hydrogens is 246 g/mol. The van der Waals surface area contributed by atoms with E-state index in [1.54, 1.807) is 0 Å². The summed E-state index contributed by atoms with van der Waals surface area (Å²) in [6.45, 7) is 2.75. The number of ether oxygens (including phenoxy) is 1. The first-order valence-corrected chi connectivity index (χ1v) is 7.18. The summed E-state index contributed by atoms with van der Waals surface area (Å²) in [6.07, 6.45) is 5.08. The Kier molecular flexibility index (Phi) is 4.45. The van der Waals surface area contributed by atoms with Gasteiger partial charge < -0.3 is 15.2 Å². The van der Waals surface area contributed by atoms with Gasteiger partial charge in [-0.05, 0) is 31.6 Å². The lowest BCUT2D eigenvalue weighted by molar-refractivity contribution is -0.150. The molecule has 1 aliphatic carbocycles. The van der Waals surface area contributed by atoms with E-state index in [9.17, 15) is 14.7 Å². The highest BCUT2D eigenvalue weighted by Crippen LogP contribution is 2.32. The van der Waals surface area contributed by atoms with Crippen LogP contribution in [0, 0.1) is 5.92 Å². The Morgan fingerprint density at radius 3 is 2.74 bits per heavy atom. The van der Waals surface area contributed by atoms with Crippen LogP contribution in [0.3, 0.4) is 0 Å². The molecule has 19 heavy (non-hydrogen) atoms. The molecule has 1 aliphatic heterocycles. The largest absolute Gasteiger partial charge is 0.480 e. The Hall–Kier alpha value is -1.10. The van der Waals surface area contributed by atoms with Crippen molar-refractivity contribution in [2.24, 2.45) is 5.92 Å². The van der Waals surface area contributed by atoms with Gasteiger partial charge in [-0.2, -0.15) is 0 Å². The lowest BCUT2D eigenvalue weighted by Gasteiger charge is -2.37. The van der Waals surface area contributed by atoms with Crippen LogP contribution in [0.1, 0.15) is 51.9 Å². The molecule has 3 unspecified atom stereocenters. The van der Waals surface area contributed by atoms with Crippen molar-refractivity contribution in [2.75, 3.05) is 6.61 Å². The highest BCUT2D eigenvalue weighted by atomic mass is 16.5. The first-order valence-electron chi connectivity index (χ1n) is 7.18. The van der Waals surface area contributed by atoms with Crippen molar-refractivity contribution in [3.05, 3.63) is 0 Å². The van der Waals surface area contributed by atoms with Gasteiger partial charge in [-0.25, -0.2) is 4.79 Å². The third kappa shape index (κ3) is 3.47. The van der Waals surface area contributed by atoms with Crippen molar-refractivity contribution in [1.82, 2.24) is 5.32 Å². The summed E-state index contributed by atoms with van der Waals surface area (Å²) in [7, 11) is 0. The van der Waals surface area contributed by atoms with Crippen LogP contribution < -0.4 is 5.32 Å². The predicted octanol–water partition coefficient (Wildman–Crippen LogP) is 1.71. The smallest absolute Gasteiger partial charge is 0.329 e. The first kappa shape index (κ1) is 14.3. The highest BCUT2D eigenvalue weighted by molar-refractivity contribution is 5.87. The maximum absolute atomic E-state index is 12.0. The van der Waals surface area contributed by atoms with E-state index in [0.29, 0.717) is 25.4 Å². The summed E-state index contributed by atoms with van der Waals surface area (Å²) in [6, 6.07) is 0. The minimum absolute atomic E-state index is 0.0353. The van der Waals surface area contributed by atoms with Gasteiger partial charge in [0, 0.05) is 6.61 Å². The minimum atomic E-state index is -1.06. The fourth-order valence-electron chi connectivity index (χ4n) is 3.24. The maximum atomic E-state index is 12.0. The zero-order valence-electron chi connectivity index (χ0n) is 11.5. The van der Waals surface area contributed by atoms with Gasteiger partial charge >= 0.3 is 5.97 Å². The van der Waals surface area contributed by atoms with Crippen LogP contribution in [-0.4, -0.2) is 35.2 Å². The number of carbonyl (C=O) groups excluding carboxylic acids is 1. The molecule has 2 rings (SSSR count). The molecule has 0 bridgehead atoms. The number of amides is 1. The zero-order valence-corrected chi connectivity index (χ0v) is 11.5. The summed E-state index contributed by atoms with van der Waals surface area (Å²) < 4.78 is 5.42. The van der Waals surface area contributed by atoms with Crippen LogP contribution in [0.2, 0.25) is 0 Å². The Balaban J connectivity index is 1.95. The van der Waals surface area contributed by atoms with Gasteiger partial charge in [0.1, 0.15) is 5.54 Å². The normalized spacial score (nSPS) is 35.0. The van der Waals surface area contributed by atoms with Crippen molar-refractivity contribution >= 4 is 11.9 Å². The number of hydrogen-bond acceptors (Lipinski definition) is 3. The van der Waals surface area contributed by atoms with Gasteiger partial charge in [-0.15, -0.1) is 0 Å². The summed E-state index contributed by atoms with van der Waals surface area (Å²) in [5.74, 6) is -0.754. The molecule has 1 saturated carbocycles. The van der Waals surface area contributed by atoms with E-state index in [4.69, 9.17) is 4.74 Å². The van der Waals surface area contributed by atoms with E-state index in [1.807, 2.05) is 6.92 Å². The third-order valence-corrected chi connectivity index (χ3v) is 4.22. The van der Waals surface area contributed by atoms with Gasteiger partial charge in [0.15, 0.2) is 0 Å². The number of carboxylic acid groups (broad SMARTS) is 1. The lowest BCUT2D eigenvalue weighted by Crippen LogP contribution is -2.57. The van der Waals surface area contributed by atoms with Gasteiger partial charge in [0.05, 0.1) is 12.5 Å².